The lowest BCUT2D eigenvalue weighted by molar-refractivity contribution is -0.118. The fourth-order valence-corrected chi connectivity index (χ4v) is 2.36. The van der Waals surface area contributed by atoms with Crippen LogP contribution in [0.3, 0.4) is 0 Å². The summed E-state index contributed by atoms with van der Waals surface area (Å²) in [5, 5.41) is 2.69. The molecule has 0 bridgehead atoms. The van der Waals surface area contributed by atoms with E-state index in [4.69, 9.17) is 10.5 Å². The normalized spacial score (nSPS) is 12.1. The number of hydrogen-bond donors (Lipinski definition) is 2. The van der Waals surface area contributed by atoms with Gasteiger partial charge in [-0.15, -0.1) is 0 Å². The Morgan fingerprint density at radius 3 is 2.94 bits per heavy atom. The molecule has 0 aromatic heterocycles. The molecule has 0 saturated heterocycles. The van der Waals surface area contributed by atoms with Crippen LogP contribution in [0.1, 0.15) is 6.42 Å². The summed E-state index contributed by atoms with van der Waals surface area (Å²) in [6.07, 6.45) is 0.743. The fourth-order valence-electron chi connectivity index (χ4n) is 1.35. The van der Waals surface area contributed by atoms with Gasteiger partial charge in [0.05, 0.1) is 10.8 Å². The highest BCUT2D eigenvalue weighted by Crippen LogP contribution is 2.10. The molecule has 1 unspecified atom stereocenters. The van der Waals surface area contributed by atoms with Crippen LogP contribution in [0.5, 0.6) is 0 Å². The van der Waals surface area contributed by atoms with Gasteiger partial charge in [0.1, 0.15) is 5.75 Å². The fraction of sp³-hybridized carbons (Fsp3) is 0.417. The number of carbonyl (C=O) groups is 1. The summed E-state index contributed by atoms with van der Waals surface area (Å²) in [7, 11) is 0.254. The first kappa shape index (κ1) is 14.7. The number of nitrogen functional groups attached to an aromatic ring is 1. The number of anilines is 1. The molecule has 0 aliphatic carbocycles. The second kappa shape index (κ2) is 7.84. The van der Waals surface area contributed by atoms with Crippen LogP contribution in [0.25, 0.3) is 0 Å². The number of amides is 1. The molecule has 0 radical (unpaired) electrons. The van der Waals surface area contributed by atoms with Crippen molar-refractivity contribution in [3.8, 4) is 0 Å². The van der Waals surface area contributed by atoms with E-state index in [1.807, 2.05) is 0 Å². The SMILES string of the molecule is COCCCNC(=O)CS(=O)c1cccc(N)c1. The van der Waals surface area contributed by atoms with Gasteiger partial charge in [-0.1, -0.05) is 6.07 Å². The predicted molar refractivity (Wildman–Crippen MR) is 71.6 cm³/mol. The van der Waals surface area contributed by atoms with Crippen LogP contribution in [0.15, 0.2) is 29.2 Å². The molecule has 1 aromatic carbocycles. The molecule has 0 heterocycles. The van der Waals surface area contributed by atoms with Crippen LogP contribution < -0.4 is 11.1 Å². The zero-order valence-corrected chi connectivity index (χ0v) is 11.2. The molecule has 1 aromatic rings. The van der Waals surface area contributed by atoms with Crippen LogP contribution in [0, 0.1) is 0 Å². The van der Waals surface area contributed by atoms with Gasteiger partial charge >= 0.3 is 0 Å². The molecular formula is C12H18N2O3S. The number of ether oxygens (including phenoxy) is 1. The Kier molecular flexibility index (Phi) is 6.38. The molecule has 6 heteroatoms. The summed E-state index contributed by atoms with van der Waals surface area (Å²) < 4.78 is 16.7. The zero-order chi connectivity index (χ0) is 13.4. The maximum Gasteiger partial charge on any atom is 0.233 e. The Hall–Kier alpha value is -1.40. The molecule has 1 atom stereocenters. The third-order valence-electron chi connectivity index (χ3n) is 2.23. The lowest BCUT2D eigenvalue weighted by Gasteiger charge is -2.05. The van der Waals surface area contributed by atoms with Crippen LogP contribution in [-0.2, 0) is 20.3 Å². The Balaban J connectivity index is 2.38. The maximum absolute atomic E-state index is 11.9. The molecule has 0 aliphatic rings. The van der Waals surface area contributed by atoms with Crippen molar-refractivity contribution < 1.29 is 13.7 Å². The Morgan fingerprint density at radius 1 is 1.50 bits per heavy atom. The number of nitrogens with two attached hydrogens (primary N) is 1. The second-order valence-electron chi connectivity index (χ2n) is 3.76. The minimum Gasteiger partial charge on any atom is -0.399 e. The van der Waals surface area contributed by atoms with E-state index in [0.29, 0.717) is 23.7 Å². The predicted octanol–water partition coefficient (Wildman–Crippen LogP) is 0.529. The largest absolute Gasteiger partial charge is 0.399 e. The molecule has 0 spiro atoms. The molecule has 1 amide bonds. The van der Waals surface area contributed by atoms with Crippen molar-refractivity contribution in [3.05, 3.63) is 24.3 Å². The van der Waals surface area contributed by atoms with Crippen LogP contribution in [-0.4, -0.2) is 36.1 Å². The van der Waals surface area contributed by atoms with Crippen molar-refractivity contribution in [1.29, 1.82) is 0 Å². The Morgan fingerprint density at radius 2 is 2.28 bits per heavy atom. The van der Waals surface area contributed by atoms with E-state index in [2.05, 4.69) is 5.32 Å². The molecular weight excluding hydrogens is 252 g/mol. The van der Waals surface area contributed by atoms with Crippen LogP contribution in [0.4, 0.5) is 5.69 Å². The monoisotopic (exact) mass is 270 g/mol. The summed E-state index contributed by atoms with van der Waals surface area (Å²) >= 11 is 0. The van der Waals surface area contributed by atoms with Gasteiger partial charge in [0.25, 0.3) is 0 Å². The van der Waals surface area contributed by atoms with Crippen molar-refractivity contribution in [1.82, 2.24) is 5.32 Å². The Bertz CT molecular complexity index is 424. The van der Waals surface area contributed by atoms with Gasteiger partial charge in [0, 0.05) is 30.8 Å². The summed E-state index contributed by atoms with van der Waals surface area (Å²) in [4.78, 5) is 12.1. The van der Waals surface area contributed by atoms with Crippen molar-refractivity contribution in [2.24, 2.45) is 0 Å². The number of methoxy groups -OCH3 is 1. The van der Waals surface area contributed by atoms with Gasteiger partial charge < -0.3 is 15.8 Å². The maximum atomic E-state index is 11.9. The first-order valence-corrected chi connectivity index (χ1v) is 6.95. The number of hydrogen-bond acceptors (Lipinski definition) is 4. The highest BCUT2D eigenvalue weighted by atomic mass is 32.2. The van der Waals surface area contributed by atoms with E-state index in [-0.39, 0.29) is 11.7 Å². The number of rotatable bonds is 7. The molecule has 0 saturated carbocycles. The van der Waals surface area contributed by atoms with Crippen molar-refractivity contribution >= 4 is 22.4 Å². The number of benzene rings is 1. The molecule has 0 aliphatic heterocycles. The summed E-state index contributed by atoms with van der Waals surface area (Å²) in [6.45, 7) is 1.12. The summed E-state index contributed by atoms with van der Waals surface area (Å²) in [5.41, 5.74) is 6.13. The first-order chi connectivity index (χ1) is 8.63. The summed E-state index contributed by atoms with van der Waals surface area (Å²) in [6, 6.07) is 6.75. The van der Waals surface area contributed by atoms with Crippen LogP contribution in [0.2, 0.25) is 0 Å². The minimum absolute atomic E-state index is 0.0452. The highest BCUT2D eigenvalue weighted by Gasteiger charge is 2.09. The first-order valence-electron chi connectivity index (χ1n) is 5.63. The van der Waals surface area contributed by atoms with E-state index in [0.717, 1.165) is 6.42 Å². The summed E-state index contributed by atoms with van der Waals surface area (Å²) in [5.74, 6) is -0.275. The Labute approximate surface area is 109 Å². The lowest BCUT2D eigenvalue weighted by Crippen LogP contribution is -2.29. The van der Waals surface area contributed by atoms with E-state index in [9.17, 15) is 9.00 Å². The van der Waals surface area contributed by atoms with Gasteiger partial charge in [-0.2, -0.15) is 0 Å². The van der Waals surface area contributed by atoms with Gasteiger partial charge in [-0.25, -0.2) is 0 Å². The molecule has 5 nitrogen and oxygen atoms in total. The molecule has 18 heavy (non-hydrogen) atoms. The average molecular weight is 270 g/mol. The van der Waals surface area contributed by atoms with Crippen molar-refractivity contribution in [2.75, 3.05) is 31.7 Å². The zero-order valence-electron chi connectivity index (χ0n) is 10.3. The standard InChI is InChI=1S/C12H18N2O3S/c1-17-7-3-6-14-12(15)9-18(16)11-5-2-4-10(13)8-11/h2,4-5,8H,3,6-7,9,13H2,1H3,(H,14,15). The smallest absolute Gasteiger partial charge is 0.233 e. The third kappa shape index (κ3) is 5.29. The van der Waals surface area contributed by atoms with Gasteiger partial charge in [-0.3, -0.25) is 9.00 Å². The van der Waals surface area contributed by atoms with Gasteiger partial charge in [0.2, 0.25) is 5.91 Å². The lowest BCUT2D eigenvalue weighted by atomic mass is 10.3. The highest BCUT2D eigenvalue weighted by molar-refractivity contribution is 7.85. The van der Waals surface area contributed by atoms with E-state index < -0.39 is 10.8 Å². The molecule has 100 valence electrons. The number of nitrogens with one attached hydrogen (secondary N) is 1. The van der Waals surface area contributed by atoms with Gasteiger partial charge in [0.15, 0.2) is 0 Å². The molecule has 0 fully saturated rings. The van der Waals surface area contributed by atoms with Crippen LogP contribution >= 0.6 is 0 Å². The van der Waals surface area contributed by atoms with Crippen molar-refractivity contribution in [2.45, 2.75) is 11.3 Å². The van der Waals surface area contributed by atoms with E-state index >= 15 is 0 Å². The van der Waals surface area contributed by atoms with Gasteiger partial charge in [-0.05, 0) is 24.6 Å². The molecule has 1 rings (SSSR count). The quantitative estimate of drug-likeness (QED) is 0.559. The van der Waals surface area contributed by atoms with Crippen molar-refractivity contribution in [3.63, 3.8) is 0 Å². The van der Waals surface area contributed by atoms with E-state index in [1.165, 1.54) is 0 Å². The van der Waals surface area contributed by atoms with E-state index in [1.54, 1.807) is 31.4 Å². The molecule has 3 N–H and O–H groups in total. The minimum atomic E-state index is -1.35. The average Bonchev–Trinajstić information content (AvgIpc) is 2.34. The third-order valence-corrected chi connectivity index (χ3v) is 3.53. The topological polar surface area (TPSA) is 81.4 Å². The number of carbonyl (C=O) groups excluding carboxylic acids is 1. The second-order valence-corrected chi connectivity index (χ2v) is 5.21.